The van der Waals surface area contributed by atoms with Crippen LogP contribution < -0.4 is 14.8 Å². The highest BCUT2D eigenvalue weighted by Crippen LogP contribution is 2.40. The molecule has 0 spiro atoms. The molecule has 5 rings (SSSR count). The van der Waals surface area contributed by atoms with Gasteiger partial charge in [-0.3, -0.25) is 9.59 Å². The van der Waals surface area contributed by atoms with Crippen LogP contribution in [0.2, 0.25) is 0 Å². The first kappa shape index (κ1) is 29.4. The number of methoxy groups -OCH3 is 2. The van der Waals surface area contributed by atoms with Gasteiger partial charge in [-0.1, -0.05) is 50.1 Å². The lowest BCUT2D eigenvalue weighted by atomic mass is 9.73. The Bertz CT molecular complexity index is 1320. The van der Waals surface area contributed by atoms with Crippen molar-refractivity contribution in [2.24, 2.45) is 16.9 Å². The molecular formula is C32H40N4O6. The third-order valence-corrected chi connectivity index (χ3v) is 9.05. The fourth-order valence-electron chi connectivity index (χ4n) is 6.70. The Morgan fingerprint density at radius 1 is 0.952 bits per heavy atom. The molecule has 4 atom stereocenters. The summed E-state index contributed by atoms with van der Waals surface area (Å²) in [4.78, 5) is 40.7. The van der Waals surface area contributed by atoms with Crippen LogP contribution in [0.25, 0.3) is 0 Å². The van der Waals surface area contributed by atoms with Gasteiger partial charge in [-0.05, 0) is 49.4 Å². The molecule has 0 unspecified atom stereocenters. The number of ether oxygens (including phenoxy) is 2. The standard InChI is InChI=1S/C32H40N4O6/c1-20(21-9-5-4-6-10-21)28(33-32(39)40)31(38)35-17-15-23(16-18-35)36-30(37)25-12-8-7-11-24(25)29(34-36)22-13-14-26(41-2)27(19-22)42-3/h4-6,9-10,13-14,19-20,23-25,28,33H,7-8,11-12,15-18H2,1-3H3,(H,39,40)/t20-,24+,25-,28-/m1/s1. The summed E-state index contributed by atoms with van der Waals surface area (Å²) in [7, 11) is 3.21. The van der Waals surface area contributed by atoms with E-state index in [1.807, 2.05) is 55.5 Å². The number of benzene rings is 2. The third kappa shape index (κ3) is 5.93. The zero-order chi connectivity index (χ0) is 29.8. The lowest BCUT2D eigenvalue weighted by molar-refractivity contribution is -0.143. The molecule has 0 aromatic heterocycles. The minimum absolute atomic E-state index is 0.0598. The fraction of sp³-hybridized carbons (Fsp3) is 0.500. The van der Waals surface area contributed by atoms with E-state index in [0.29, 0.717) is 37.4 Å². The van der Waals surface area contributed by atoms with Gasteiger partial charge in [0.2, 0.25) is 11.8 Å². The summed E-state index contributed by atoms with van der Waals surface area (Å²) < 4.78 is 11.0. The number of fused-ring (bicyclic) bond motifs is 1. The topological polar surface area (TPSA) is 121 Å². The highest BCUT2D eigenvalue weighted by atomic mass is 16.5. The number of carbonyl (C=O) groups excluding carboxylic acids is 2. The van der Waals surface area contributed by atoms with E-state index < -0.39 is 12.1 Å². The molecule has 224 valence electrons. The average molecular weight is 577 g/mol. The number of carbonyl (C=O) groups is 3. The van der Waals surface area contributed by atoms with Gasteiger partial charge in [-0.2, -0.15) is 5.10 Å². The maximum absolute atomic E-state index is 13.8. The lowest BCUT2D eigenvalue weighted by Crippen LogP contribution is -2.56. The Morgan fingerprint density at radius 3 is 2.26 bits per heavy atom. The van der Waals surface area contributed by atoms with Gasteiger partial charge in [0.1, 0.15) is 6.04 Å². The summed E-state index contributed by atoms with van der Waals surface area (Å²) in [6.45, 7) is 2.70. The van der Waals surface area contributed by atoms with Gasteiger partial charge < -0.3 is 24.8 Å². The van der Waals surface area contributed by atoms with Crippen molar-refractivity contribution in [3.8, 4) is 11.5 Å². The van der Waals surface area contributed by atoms with Crippen LogP contribution in [0.4, 0.5) is 4.79 Å². The summed E-state index contributed by atoms with van der Waals surface area (Å²) in [5.74, 6) is 0.679. The van der Waals surface area contributed by atoms with Crippen molar-refractivity contribution in [2.45, 2.75) is 63.5 Å². The molecule has 1 aliphatic carbocycles. The van der Waals surface area contributed by atoms with Crippen molar-refractivity contribution in [3.63, 3.8) is 0 Å². The van der Waals surface area contributed by atoms with Crippen LogP contribution >= 0.6 is 0 Å². The van der Waals surface area contributed by atoms with Crippen LogP contribution in [0.1, 0.15) is 62.5 Å². The number of amides is 3. The van der Waals surface area contributed by atoms with Crippen molar-refractivity contribution in [3.05, 3.63) is 59.7 Å². The van der Waals surface area contributed by atoms with E-state index in [-0.39, 0.29) is 35.6 Å². The number of hydrogen-bond acceptors (Lipinski definition) is 6. The first-order chi connectivity index (χ1) is 20.3. The van der Waals surface area contributed by atoms with E-state index in [9.17, 15) is 19.5 Å². The molecule has 2 heterocycles. The van der Waals surface area contributed by atoms with Crippen molar-refractivity contribution >= 4 is 23.6 Å². The van der Waals surface area contributed by atoms with Gasteiger partial charge in [0, 0.05) is 36.4 Å². The van der Waals surface area contributed by atoms with E-state index in [2.05, 4.69) is 5.32 Å². The zero-order valence-electron chi connectivity index (χ0n) is 24.5. The van der Waals surface area contributed by atoms with Gasteiger partial charge in [0.15, 0.2) is 11.5 Å². The van der Waals surface area contributed by atoms with Crippen LogP contribution in [0.3, 0.4) is 0 Å². The number of hydrazone groups is 1. The molecule has 2 N–H and O–H groups in total. The largest absolute Gasteiger partial charge is 0.493 e. The quantitative estimate of drug-likeness (QED) is 0.478. The number of hydrogen-bond donors (Lipinski definition) is 2. The first-order valence-electron chi connectivity index (χ1n) is 14.8. The Morgan fingerprint density at radius 2 is 1.62 bits per heavy atom. The maximum Gasteiger partial charge on any atom is 0.405 e. The van der Waals surface area contributed by atoms with E-state index in [1.165, 1.54) is 0 Å². The van der Waals surface area contributed by atoms with Gasteiger partial charge >= 0.3 is 6.09 Å². The Balaban J connectivity index is 1.35. The third-order valence-electron chi connectivity index (χ3n) is 9.05. The van der Waals surface area contributed by atoms with E-state index in [4.69, 9.17) is 14.6 Å². The monoisotopic (exact) mass is 576 g/mol. The highest BCUT2D eigenvalue weighted by molar-refractivity contribution is 6.07. The van der Waals surface area contributed by atoms with Crippen LogP contribution in [0.15, 0.2) is 53.6 Å². The summed E-state index contributed by atoms with van der Waals surface area (Å²) in [6.07, 6.45) is 3.74. The number of rotatable bonds is 8. The fourth-order valence-corrected chi connectivity index (χ4v) is 6.70. The van der Waals surface area contributed by atoms with E-state index >= 15 is 0 Å². The Kier molecular flexibility index (Phi) is 8.99. The molecule has 2 fully saturated rings. The molecule has 3 amide bonds. The zero-order valence-corrected chi connectivity index (χ0v) is 24.5. The summed E-state index contributed by atoms with van der Waals surface area (Å²) in [5.41, 5.74) is 2.71. The number of likely N-dealkylation sites (tertiary alicyclic amines) is 1. The molecule has 3 aliphatic rings. The predicted molar refractivity (Wildman–Crippen MR) is 158 cm³/mol. The molecule has 2 aromatic carbocycles. The smallest absolute Gasteiger partial charge is 0.405 e. The van der Waals surface area contributed by atoms with Crippen LogP contribution in [-0.4, -0.2) is 78.0 Å². The minimum atomic E-state index is -1.23. The van der Waals surface area contributed by atoms with Gasteiger partial charge in [-0.25, -0.2) is 9.80 Å². The molecule has 10 heteroatoms. The molecule has 10 nitrogen and oxygen atoms in total. The molecule has 0 bridgehead atoms. The summed E-state index contributed by atoms with van der Waals surface area (Å²) in [6, 6.07) is 14.2. The van der Waals surface area contributed by atoms with Crippen molar-refractivity contribution in [1.82, 2.24) is 15.2 Å². The molecule has 1 saturated carbocycles. The molecule has 42 heavy (non-hydrogen) atoms. The van der Waals surface area contributed by atoms with E-state index in [0.717, 1.165) is 42.5 Å². The molecular weight excluding hydrogens is 536 g/mol. The molecule has 2 aromatic rings. The van der Waals surface area contributed by atoms with E-state index in [1.54, 1.807) is 24.1 Å². The first-order valence-corrected chi connectivity index (χ1v) is 14.8. The van der Waals surface area contributed by atoms with Gasteiger partial charge in [0.05, 0.1) is 26.0 Å². The normalized spacial score (nSPS) is 22.5. The second kappa shape index (κ2) is 12.8. The SMILES string of the molecule is COc1ccc(C2=NN(C3CCN(C(=O)[C@H](NC(=O)O)[C@H](C)c4ccccc4)CC3)C(=O)[C@@H]3CCCC[C@H]23)cc1OC. The average Bonchev–Trinajstić information content (AvgIpc) is 3.03. The number of nitrogens with zero attached hydrogens (tertiary/aromatic N) is 3. The summed E-state index contributed by atoms with van der Waals surface area (Å²) in [5, 5.41) is 18.6. The summed E-state index contributed by atoms with van der Waals surface area (Å²) >= 11 is 0. The van der Waals surface area contributed by atoms with Crippen molar-refractivity contribution in [2.75, 3.05) is 27.3 Å². The maximum atomic E-state index is 13.8. The number of nitrogens with one attached hydrogen (secondary N) is 1. The van der Waals surface area contributed by atoms with Gasteiger partial charge in [-0.15, -0.1) is 0 Å². The second-order valence-corrected chi connectivity index (χ2v) is 11.4. The van der Waals surface area contributed by atoms with Crippen LogP contribution in [0, 0.1) is 11.8 Å². The lowest BCUT2D eigenvalue weighted by Gasteiger charge is -2.44. The highest BCUT2D eigenvalue weighted by Gasteiger charge is 2.44. The predicted octanol–water partition coefficient (Wildman–Crippen LogP) is 4.49. The molecule has 2 aliphatic heterocycles. The van der Waals surface area contributed by atoms with Crippen LogP contribution in [-0.2, 0) is 9.59 Å². The number of carboxylic acid groups (broad SMARTS) is 1. The van der Waals surface area contributed by atoms with Crippen molar-refractivity contribution in [1.29, 1.82) is 0 Å². The Hall–Kier alpha value is -4.08. The number of piperidine rings is 1. The molecule has 1 saturated heterocycles. The second-order valence-electron chi connectivity index (χ2n) is 11.4. The van der Waals surface area contributed by atoms with Crippen LogP contribution in [0.5, 0.6) is 11.5 Å². The van der Waals surface area contributed by atoms with Gasteiger partial charge in [0.25, 0.3) is 0 Å². The van der Waals surface area contributed by atoms with Crippen molar-refractivity contribution < 1.29 is 29.0 Å². The Labute approximate surface area is 246 Å². The minimum Gasteiger partial charge on any atom is -0.493 e. The molecule has 0 radical (unpaired) electrons.